The summed E-state index contributed by atoms with van der Waals surface area (Å²) in [5.74, 6) is -1.22. The lowest BCUT2D eigenvalue weighted by atomic mass is 9.98. The molecule has 2 aliphatic rings. The Morgan fingerprint density at radius 1 is 1.14 bits per heavy atom. The number of carbonyl (C=O) groups is 2. The van der Waals surface area contributed by atoms with Crippen LogP contribution in [-0.4, -0.2) is 34.5 Å². The molecule has 1 heterocycles. The number of rotatable bonds is 6. The summed E-state index contributed by atoms with van der Waals surface area (Å²) >= 11 is 0. The summed E-state index contributed by atoms with van der Waals surface area (Å²) in [7, 11) is 0. The number of piperidine rings is 1. The topological polar surface area (TPSA) is 69.6 Å². The van der Waals surface area contributed by atoms with Crippen molar-refractivity contribution < 1.29 is 19.1 Å². The van der Waals surface area contributed by atoms with Gasteiger partial charge in [-0.3, -0.25) is 9.69 Å². The third kappa shape index (κ3) is 4.32. The molecule has 2 aromatic rings. The number of carboxylic acids is 1. The fourth-order valence-corrected chi connectivity index (χ4v) is 4.21. The molecule has 0 unspecified atom stereocenters. The Hall–Kier alpha value is -2.73. The first-order chi connectivity index (χ1) is 14.0. The van der Waals surface area contributed by atoms with E-state index in [1.807, 2.05) is 6.07 Å². The normalized spacial score (nSPS) is 20.8. The van der Waals surface area contributed by atoms with Gasteiger partial charge in [0.05, 0.1) is 17.1 Å². The molecule has 1 aliphatic carbocycles. The molecule has 1 saturated carbocycles. The van der Waals surface area contributed by atoms with E-state index < -0.39 is 11.5 Å². The number of amides is 1. The molecule has 5 nitrogen and oxygen atoms in total. The lowest BCUT2D eigenvalue weighted by Crippen LogP contribution is -2.51. The average molecular weight is 396 g/mol. The van der Waals surface area contributed by atoms with Gasteiger partial charge in [0.15, 0.2) is 0 Å². The van der Waals surface area contributed by atoms with Gasteiger partial charge in [-0.15, -0.1) is 0 Å². The number of halogens is 1. The molecule has 4 rings (SSSR count). The maximum absolute atomic E-state index is 13.5. The van der Waals surface area contributed by atoms with E-state index in [2.05, 4.69) is 10.2 Å². The summed E-state index contributed by atoms with van der Waals surface area (Å²) < 4.78 is 13.5. The number of hydrogen-bond donors (Lipinski definition) is 2. The Bertz CT molecular complexity index is 909. The summed E-state index contributed by atoms with van der Waals surface area (Å²) in [6.07, 6.45) is 4.51. The summed E-state index contributed by atoms with van der Waals surface area (Å²) in [4.78, 5) is 26.4. The van der Waals surface area contributed by atoms with E-state index in [9.17, 15) is 14.0 Å². The third-order valence-corrected chi connectivity index (χ3v) is 5.99. The number of benzene rings is 2. The average Bonchev–Trinajstić information content (AvgIpc) is 3.49. The van der Waals surface area contributed by atoms with Crippen molar-refractivity contribution in [2.75, 3.05) is 6.54 Å². The van der Waals surface area contributed by atoms with Crippen LogP contribution in [0.4, 0.5) is 4.39 Å². The van der Waals surface area contributed by atoms with Crippen molar-refractivity contribution in [1.82, 2.24) is 10.2 Å². The van der Waals surface area contributed by atoms with Gasteiger partial charge in [-0.25, -0.2) is 9.18 Å². The number of aromatic carboxylic acids is 1. The summed E-state index contributed by atoms with van der Waals surface area (Å²) in [6, 6.07) is 13.1. The maximum Gasteiger partial charge on any atom is 0.335 e. The first-order valence-electron chi connectivity index (χ1n) is 10.1. The minimum absolute atomic E-state index is 0.000846. The van der Waals surface area contributed by atoms with Crippen molar-refractivity contribution in [2.24, 2.45) is 0 Å². The molecular formula is C23H25FN2O3. The summed E-state index contributed by atoms with van der Waals surface area (Å²) in [5.41, 5.74) is 1.67. The second-order valence-corrected chi connectivity index (χ2v) is 8.07. The molecule has 1 atom stereocenters. The van der Waals surface area contributed by atoms with Crippen molar-refractivity contribution in [2.45, 2.75) is 50.2 Å². The number of nitrogens with one attached hydrogen (secondary N) is 1. The maximum atomic E-state index is 13.5. The Balaban J connectivity index is 1.46. The van der Waals surface area contributed by atoms with Gasteiger partial charge in [0.2, 0.25) is 5.91 Å². The van der Waals surface area contributed by atoms with Crippen LogP contribution in [-0.2, 0) is 16.9 Å². The van der Waals surface area contributed by atoms with Crippen LogP contribution in [0.5, 0.6) is 0 Å². The number of carbonyl (C=O) groups excluding carboxylic acids is 1. The Labute approximate surface area is 169 Å². The molecule has 29 heavy (non-hydrogen) atoms. The molecular weight excluding hydrogens is 371 g/mol. The van der Waals surface area contributed by atoms with Crippen LogP contribution in [0, 0.1) is 5.82 Å². The zero-order valence-electron chi connectivity index (χ0n) is 16.2. The molecule has 2 fully saturated rings. The van der Waals surface area contributed by atoms with Crippen LogP contribution in [0.25, 0.3) is 0 Å². The summed E-state index contributed by atoms with van der Waals surface area (Å²) in [6.45, 7) is 1.37. The number of likely N-dealkylation sites (tertiary alicyclic amines) is 1. The van der Waals surface area contributed by atoms with E-state index in [0.29, 0.717) is 6.54 Å². The van der Waals surface area contributed by atoms with Crippen molar-refractivity contribution in [3.63, 3.8) is 0 Å². The SMILES string of the molecule is O=C(O)c1ccc(C2(NC(=O)[C@H]3CCCCN3Cc3cccc(F)c3)CC2)cc1. The molecule has 1 aliphatic heterocycles. The van der Waals surface area contributed by atoms with Crippen LogP contribution >= 0.6 is 0 Å². The molecule has 152 valence electrons. The highest BCUT2D eigenvalue weighted by Gasteiger charge is 2.47. The van der Waals surface area contributed by atoms with Crippen molar-refractivity contribution in [3.8, 4) is 0 Å². The second kappa shape index (κ2) is 7.95. The van der Waals surface area contributed by atoms with Crippen LogP contribution in [0.15, 0.2) is 48.5 Å². The lowest BCUT2D eigenvalue weighted by Gasteiger charge is -2.35. The molecule has 0 bridgehead atoms. The zero-order valence-corrected chi connectivity index (χ0v) is 16.2. The van der Waals surface area contributed by atoms with E-state index >= 15 is 0 Å². The number of hydrogen-bond acceptors (Lipinski definition) is 3. The minimum Gasteiger partial charge on any atom is -0.478 e. The van der Waals surface area contributed by atoms with E-state index in [1.54, 1.807) is 30.3 Å². The Kier molecular flexibility index (Phi) is 5.37. The Morgan fingerprint density at radius 3 is 2.55 bits per heavy atom. The monoisotopic (exact) mass is 396 g/mol. The van der Waals surface area contributed by atoms with Crippen molar-refractivity contribution in [3.05, 3.63) is 71.0 Å². The molecule has 0 spiro atoms. The molecule has 1 saturated heterocycles. The third-order valence-electron chi connectivity index (χ3n) is 5.99. The highest BCUT2D eigenvalue weighted by Crippen LogP contribution is 2.45. The molecule has 6 heteroatoms. The molecule has 0 aromatic heterocycles. The van der Waals surface area contributed by atoms with Crippen LogP contribution < -0.4 is 5.32 Å². The predicted octanol–water partition coefficient (Wildman–Crippen LogP) is 3.68. The van der Waals surface area contributed by atoms with E-state index in [-0.39, 0.29) is 23.3 Å². The van der Waals surface area contributed by atoms with Gasteiger partial charge in [0.1, 0.15) is 5.82 Å². The van der Waals surface area contributed by atoms with Crippen LogP contribution in [0.3, 0.4) is 0 Å². The molecule has 1 amide bonds. The number of carboxylic acid groups (broad SMARTS) is 1. The van der Waals surface area contributed by atoms with Gasteiger partial charge in [-0.2, -0.15) is 0 Å². The predicted molar refractivity (Wildman–Crippen MR) is 107 cm³/mol. The van der Waals surface area contributed by atoms with Crippen LogP contribution in [0.1, 0.15) is 53.6 Å². The minimum atomic E-state index is -0.958. The van der Waals surface area contributed by atoms with Gasteiger partial charge < -0.3 is 10.4 Å². The highest BCUT2D eigenvalue weighted by molar-refractivity contribution is 5.87. The van der Waals surface area contributed by atoms with E-state index in [0.717, 1.165) is 49.8 Å². The fraction of sp³-hybridized carbons (Fsp3) is 0.391. The molecule has 2 N–H and O–H groups in total. The van der Waals surface area contributed by atoms with E-state index in [4.69, 9.17) is 5.11 Å². The zero-order chi connectivity index (χ0) is 20.4. The smallest absolute Gasteiger partial charge is 0.335 e. The first-order valence-corrected chi connectivity index (χ1v) is 10.1. The van der Waals surface area contributed by atoms with Gasteiger partial charge >= 0.3 is 5.97 Å². The summed E-state index contributed by atoms with van der Waals surface area (Å²) in [5, 5.41) is 12.3. The van der Waals surface area contributed by atoms with E-state index in [1.165, 1.54) is 12.1 Å². The standard InChI is InChI=1S/C23H25FN2O3/c24-19-5-3-4-16(14-19)15-26-13-2-1-6-20(26)21(27)25-23(11-12-23)18-9-7-17(8-10-18)22(28)29/h3-5,7-10,14,20H,1-2,6,11-13,15H2,(H,25,27)(H,28,29)/t20-/m1/s1. The Morgan fingerprint density at radius 2 is 1.90 bits per heavy atom. The van der Waals surface area contributed by atoms with Gasteiger partial charge in [-0.1, -0.05) is 30.7 Å². The van der Waals surface area contributed by atoms with Gasteiger partial charge in [0, 0.05) is 6.54 Å². The first kappa shape index (κ1) is 19.6. The van der Waals surface area contributed by atoms with Gasteiger partial charge in [-0.05, 0) is 67.6 Å². The second-order valence-electron chi connectivity index (χ2n) is 8.07. The highest BCUT2D eigenvalue weighted by atomic mass is 19.1. The van der Waals surface area contributed by atoms with Gasteiger partial charge in [0.25, 0.3) is 0 Å². The van der Waals surface area contributed by atoms with Crippen LogP contribution in [0.2, 0.25) is 0 Å². The molecule has 2 aromatic carbocycles. The number of nitrogens with zero attached hydrogens (tertiary/aromatic N) is 1. The quantitative estimate of drug-likeness (QED) is 0.782. The lowest BCUT2D eigenvalue weighted by molar-refractivity contribution is -0.129. The van der Waals surface area contributed by atoms with Crippen molar-refractivity contribution >= 4 is 11.9 Å². The van der Waals surface area contributed by atoms with Crippen molar-refractivity contribution in [1.29, 1.82) is 0 Å². The fourth-order valence-electron chi connectivity index (χ4n) is 4.21. The largest absolute Gasteiger partial charge is 0.478 e. The molecule has 0 radical (unpaired) electrons.